The van der Waals surface area contributed by atoms with E-state index in [4.69, 9.17) is 17.3 Å². The van der Waals surface area contributed by atoms with E-state index in [0.717, 1.165) is 0 Å². The standard InChI is InChI=1S/C7H8ClNO2S/c8-6-3-5(4-12(10)11)1-2-7(6)9/h1-3H,4,9H2,(H,10,11)/p-1. The molecule has 0 aromatic heterocycles. The number of hydrogen-bond donors (Lipinski definition) is 1. The van der Waals surface area contributed by atoms with Gasteiger partial charge in [-0.1, -0.05) is 28.7 Å². The SMILES string of the molecule is Nc1ccc(CS(=O)[O-])cc1Cl. The fourth-order valence-corrected chi connectivity index (χ4v) is 1.45. The predicted octanol–water partition coefficient (Wildman–Crippen LogP) is 1.30. The van der Waals surface area contributed by atoms with Crippen molar-refractivity contribution in [1.82, 2.24) is 0 Å². The van der Waals surface area contributed by atoms with Gasteiger partial charge in [0, 0.05) is 5.75 Å². The summed E-state index contributed by atoms with van der Waals surface area (Å²) in [4.78, 5) is 0. The molecule has 66 valence electrons. The average Bonchev–Trinajstić information content (AvgIpc) is 1.96. The van der Waals surface area contributed by atoms with Crippen LogP contribution in [0.2, 0.25) is 5.02 Å². The van der Waals surface area contributed by atoms with Crippen LogP contribution in [0.15, 0.2) is 18.2 Å². The molecule has 0 bridgehead atoms. The lowest BCUT2D eigenvalue weighted by molar-refractivity contribution is 0.536. The summed E-state index contributed by atoms with van der Waals surface area (Å²) < 4.78 is 20.6. The van der Waals surface area contributed by atoms with E-state index in [0.29, 0.717) is 16.3 Å². The normalized spacial score (nSPS) is 12.8. The van der Waals surface area contributed by atoms with Gasteiger partial charge < -0.3 is 10.3 Å². The second-order valence-corrected chi connectivity index (χ2v) is 3.61. The Labute approximate surface area is 77.8 Å². The van der Waals surface area contributed by atoms with Gasteiger partial charge in [0.2, 0.25) is 0 Å². The zero-order valence-corrected chi connectivity index (χ0v) is 7.69. The number of nitrogen functional groups attached to an aromatic ring is 1. The molecular weight excluding hydrogens is 198 g/mol. The van der Waals surface area contributed by atoms with E-state index in [1.54, 1.807) is 18.2 Å². The van der Waals surface area contributed by atoms with Crippen LogP contribution in [0.4, 0.5) is 5.69 Å². The molecule has 2 N–H and O–H groups in total. The van der Waals surface area contributed by atoms with Gasteiger partial charge >= 0.3 is 0 Å². The molecule has 0 fully saturated rings. The Bertz CT molecular complexity index is 316. The van der Waals surface area contributed by atoms with Crippen molar-refractivity contribution >= 4 is 28.4 Å². The Morgan fingerprint density at radius 2 is 2.25 bits per heavy atom. The smallest absolute Gasteiger partial charge is 0.0638 e. The molecule has 5 heteroatoms. The topological polar surface area (TPSA) is 66.2 Å². The number of nitrogens with two attached hydrogens (primary N) is 1. The van der Waals surface area contributed by atoms with E-state index in [1.165, 1.54) is 0 Å². The summed E-state index contributed by atoms with van der Waals surface area (Å²) in [5.41, 5.74) is 6.53. The fourth-order valence-electron chi connectivity index (χ4n) is 0.797. The number of halogens is 1. The summed E-state index contributed by atoms with van der Waals surface area (Å²) in [6.07, 6.45) is 0. The van der Waals surface area contributed by atoms with Crippen molar-refractivity contribution in [3.05, 3.63) is 28.8 Å². The Kier molecular flexibility index (Phi) is 3.08. The molecular formula is C7H7ClNO2S-. The van der Waals surface area contributed by atoms with E-state index in [9.17, 15) is 8.76 Å². The number of rotatable bonds is 2. The van der Waals surface area contributed by atoms with Crippen molar-refractivity contribution in [2.75, 3.05) is 5.73 Å². The maximum atomic E-state index is 10.3. The van der Waals surface area contributed by atoms with Gasteiger partial charge in [-0.3, -0.25) is 4.21 Å². The highest BCUT2D eigenvalue weighted by molar-refractivity contribution is 7.78. The van der Waals surface area contributed by atoms with Gasteiger partial charge in [0.1, 0.15) is 0 Å². The van der Waals surface area contributed by atoms with Gasteiger partial charge in [-0.05, 0) is 17.7 Å². The molecule has 0 spiro atoms. The summed E-state index contributed by atoms with van der Waals surface area (Å²) in [6, 6.07) is 4.77. The summed E-state index contributed by atoms with van der Waals surface area (Å²) in [5, 5.41) is 0.387. The van der Waals surface area contributed by atoms with E-state index in [2.05, 4.69) is 0 Å². The first kappa shape index (κ1) is 9.51. The lowest BCUT2D eigenvalue weighted by Crippen LogP contribution is -1.94. The molecule has 3 nitrogen and oxygen atoms in total. The highest BCUT2D eigenvalue weighted by atomic mass is 35.5. The van der Waals surface area contributed by atoms with Crippen LogP contribution in [-0.2, 0) is 16.8 Å². The number of benzene rings is 1. The zero-order chi connectivity index (χ0) is 9.14. The quantitative estimate of drug-likeness (QED) is 0.583. The van der Waals surface area contributed by atoms with Crippen molar-refractivity contribution in [3.8, 4) is 0 Å². The van der Waals surface area contributed by atoms with Crippen molar-refractivity contribution in [2.45, 2.75) is 5.75 Å². The van der Waals surface area contributed by atoms with Crippen molar-refractivity contribution in [1.29, 1.82) is 0 Å². The maximum absolute atomic E-state index is 10.3. The van der Waals surface area contributed by atoms with Gasteiger partial charge in [-0.15, -0.1) is 0 Å². The van der Waals surface area contributed by atoms with Crippen LogP contribution in [0.25, 0.3) is 0 Å². The molecule has 0 aliphatic heterocycles. The van der Waals surface area contributed by atoms with Crippen LogP contribution in [0.3, 0.4) is 0 Å². The second-order valence-electron chi connectivity index (χ2n) is 2.30. The Balaban J connectivity index is 2.89. The molecule has 1 unspecified atom stereocenters. The lowest BCUT2D eigenvalue weighted by atomic mass is 10.2. The Morgan fingerprint density at radius 1 is 1.58 bits per heavy atom. The van der Waals surface area contributed by atoms with Gasteiger partial charge in [0.15, 0.2) is 0 Å². The van der Waals surface area contributed by atoms with Crippen LogP contribution in [-0.4, -0.2) is 8.76 Å². The van der Waals surface area contributed by atoms with Crippen molar-refractivity contribution in [2.24, 2.45) is 0 Å². The van der Waals surface area contributed by atoms with Gasteiger partial charge in [-0.25, -0.2) is 0 Å². The van der Waals surface area contributed by atoms with E-state index in [-0.39, 0.29) is 5.75 Å². The molecule has 1 rings (SSSR count). The monoisotopic (exact) mass is 204 g/mol. The van der Waals surface area contributed by atoms with Crippen LogP contribution in [0, 0.1) is 0 Å². The largest absolute Gasteiger partial charge is 0.772 e. The number of hydrogen-bond acceptors (Lipinski definition) is 3. The molecule has 0 heterocycles. The lowest BCUT2D eigenvalue weighted by Gasteiger charge is -2.05. The summed E-state index contributed by atoms with van der Waals surface area (Å²) >= 11 is 3.59. The molecule has 0 aliphatic carbocycles. The second kappa shape index (κ2) is 3.89. The van der Waals surface area contributed by atoms with Crippen molar-refractivity contribution < 1.29 is 8.76 Å². The number of anilines is 1. The van der Waals surface area contributed by atoms with Gasteiger partial charge in [0.05, 0.1) is 10.7 Å². The van der Waals surface area contributed by atoms with Gasteiger partial charge in [-0.2, -0.15) is 0 Å². The molecule has 0 amide bonds. The molecule has 0 aliphatic rings. The molecule has 1 aromatic rings. The van der Waals surface area contributed by atoms with E-state index < -0.39 is 11.1 Å². The average molecular weight is 205 g/mol. The van der Waals surface area contributed by atoms with Gasteiger partial charge in [0.25, 0.3) is 0 Å². The minimum Gasteiger partial charge on any atom is -0.772 e. The van der Waals surface area contributed by atoms with Crippen LogP contribution in [0.5, 0.6) is 0 Å². The highest BCUT2D eigenvalue weighted by Crippen LogP contribution is 2.20. The fraction of sp³-hybridized carbons (Fsp3) is 0.143. The third-order valence-electron chi connectivity index (χ3n) is 1.35. The zero-order valence-electron chi connectivity index (χ0n) is 6.12. The predicted molar refractivity (Wildman–Crippen MR) is 48.5 cm³/mol. The molecule has 0 saturated carbocycles. The summed E-state index contributed by atoms with van der Waals surface area (Å²) in [5.74, 6) is -0.0278. The molecule has 12 heavy (non-hydrogen) atoms. The van der Waals surface area contributed by atoms with Crippen LogP contribution in [0.1, 0.15) is 5.56 Å². The third-order valence-corrected chi connectivity index (χ3v) is 2.25. The first-order chi connectivity index (χ1) is 5.59. The van der Waals surface area contributed by atoms with Crippen LogP contribution < -0.4 is 5.73 Å². The highest BCUT2D eigenvalue weighted by Gasteiger charge is 1.97. The molecule has 0 saturated heterocycles. The molecule has 1 atom stereocenters. The van der Waals surface area contributed by atoms with E-state index >= 15 is 0 Å². The first-order valence-electron chi connectivity index (χ1n) is 3.19. The maximum Gasteiger partial charge on any atom is 0.0638 e. The molecule has 0 radical (unpaired) electrons. The van der Waals surface area contributed by atoms with E-state index in [1.807, 2.05) is 0 Å². The van der Waals surface area contributed by atoms with Crippen LogP contribution >= 0.6 is 11.6 Å². The summed E-state index contributed by atoms with van der Waals surface area (Å²) in [7, 11) is 0. The minimum absolute atomic E-state index is 0.0278. The van der Waals surface area contributed by atoms with Crippen molar-refractivity contribution in [3.63, 3.8) is 0 Å². The Morgan fingerprint density at radius 3 is 2.75 bits per heavy atom. The minimum atomic E-state index is -2.08. The third kappa shape index (κ3) is 2.48. The Hall–Kier alpha value is -0.580. The molecule has 1 aromatic carbocycles. The first-order valence-corrected chi connectivity index (χ1v) is 4.81. The summed E-state index contributed by atoms with van der Waals surface area (Å²) in [6.45, 7) is 0.